The number of carbonyl (C=O) groups is 1. The summed E-state index contributed by atoms with van der Waals surface area (Å²) in [4.78, 5) is 23.6. The number of carboxylic acids is 1. The van der Waals surface area contributed by atoms with E-state index in [0.29, 0.717) is 0 Å². The number of hydrogen-bond acceptors (Lipinski definition) is 3. The van der Waals surface area contributed by atoms with Gasteiger partial charge in [0.1, 0.15) is 0 Å². The molecule has 2 N–H and O–H groups in total. The molecule has 0 spiro atoms. The lowest BCUT2D eigenvalue weighted by Crippen LogP contribution is -2.23. The predicted octanol–water partition coefficient (Wildman–Crippen LogP) is 1.87. The molecular weight excluding hydrogens is 311 g/mol. The molecule has 0 saturated heterocycles. The van der Waals surface area contributed by atoms with Crippen LogP contribution in [0.25, 0.3) is 0 Å². The lowest BCUT2D eigenvalue weighted by molar-refractivity contribution is -0.274. The lowest BCUT2D eigenvalue weighted by atomic mass is 10.2. The van der Waals surface area contributed by atoms with Gasteiger partial charge in [-0.05, 0) is 6.07 Å². The highest BCUT2D eigenvalue weighted by molar-refractivity contribution is 9.08. The zero-order valence-corrected chi connectivity index (χ0v) is 9.55. The topological polar surface area (TPSA) is 79.4 Å². The first-order valence-electron chi connectivity index (χ1n) is 4.06. The Morgan fingerprint density at radius 3 is 2.53 bits per heavy atom. The number of carboxylic acid groups (broad SMARTS) is 1. The van der Waals surface area contributed by atoms with E-state index in [2.05, 4.69) is 20.7 Å². The van der Waals surface area contributed by atoms with Crippen LogP contribution in [0.4, 0.5) is 13.2 Å². The quantitative estimate of drug-likeness (QED) is 0.834. The molecule has 0 fully saturated rings. The van der Waals surface area contributed by atoms with Crippen LogP contribution in [-0.4, -0.2) is 22.4 Å². The van der Waals surface area contributed by atoms with E-state index in [9.17, 15) is 22.8 Å². The molecule has 1 aromatic rings. The van der Waals surface area contributed by atoms with Crippen molar-refractivity contribution in [3.8, 4) is 5.75 Å². The minimum atomic E-state index is -5.04. The van der Waals surface area contributed by atoms with Crippen LogP contribution in [0.5, 0.6) is 5.75 Å². The Kier molecular flexibility index (Phi) is 3.81. The summed E-state index contributed by atoms with van der Waals surface area (Å²) in [5.41, 5.74) is -1.82. The number of rotatable bonds is 3. The standard InChI is InChI=1S/C8H5BrF3NO4/c9-2-3-1-4(17-8(10,11)12)5(7(15)16)13-6(3)14/h1H,2H2,(H,13,14)(H,15,16). The van der Waals surface area contributed by atoms with Crippen molar-refractivity contribution in [2.75, 3.05) is 0 Å². The molecule has 0 aromatic carbocycles. The molecule has 1 aromatic heterocycles. The van der Waals surface area contributed by atoms with Crippen LogP contribution in [0, 0.1) is 0 Å². The largest absolute Gasteiger partial charge is 0.573 e. The summed E-state index contributed by atoms with van der Waals surface area (Å²) in [5.74, 6) is -2.68. The Hall–Kier alpha value is -1.51. The third kappa shape index (κ3) is 3.48. The van der Waals surface area contributed by atoms with Gasteiger partial charge < -0.3 is 14.8 Å². The molecule has 0 aliphatic rings. The van der Waals surface area contributed by atoms with Crippen LogP contribution in [0.2, 0.25) is 0 Å². The normalized spacial score (nSPS) is 11.3. The molecule has 0 aliphatic carbocycles. The van der Waals surface area contributed by atoms with Gasteiger partial charge in [0.2, 0.25) is 0 Å². The van der Waals surface area contributed by atoms with Gasteiger partial charge in [-0.2, -0.15) is 0 Å². The van der Waals surface area contributed by atoms with Crippen molar-refractivity contribution in [2.45, 2.75) is 11.7 Å². The van der Waals surface area contributed by atoms with E-state index < -0.39 is 29.3 Å². The molecule has 5 nitrogen and oxygen atoms in total. The Balaban J connectivity index is 3.34. The van der Waals surface area contributed by atoms with Crippen molar-refractivity contribution in [3.05, 3.63) is 27.7 Å². The number of H-pyrrole nitrogens is 1. The molecule has 0 amide bonds. The van der Waals surface area contributed by atoms with Gasteiger partial charge in [-0.15, -0.1) is 13.2 Å². The van der Waals surface area contributed by atoms with E-state index in [1.807, 2.05) is 4.98 Å². The summed E-state index contributed by atoms with van der Waals surface area (Å²) < 4.78 is 39.5. The monoisotopic (exact) mass is 315 g/mol. The molecule has 0 bridgehead atoms. The number of aromatic amines is 1. The lowest BCUT2D eigenvalue weighted by Gasteiger charge is -2.11. The molecule has 0 radical (unpaired) electrons. The first-order chi connectivity index (χ1) is 7.74. The molecular formula is C8H5BrF3NO4. The van der Waals surface area contributed by atoms with Crippen LogP contribution in [-0.2, 0) is 5.33 Å². The third-order valence-electron chi connectivity index (χ3n) is 1.67. The van der Waals surface area contributed by atoms with Crippen molar-refractivity contribution in [1.29, 1.82) is 0 Å². The van der Waals surface area contributed by atoms with E-state index in [1.165, 1.54) is 0 Å². The van der Waals surface area contributed by atoms with E-state index in [4.69, 9.17) is 5.11 Å². The second-order valence-corrected chi connectivity index (χ2v) is 3.41. The van der Waals surface area contributed by atoms with Crippen LogP contribution in [0.1, 0.15) is 16.1 Å². The summed E-state index contributed by atoms with van der Waals surface area (Å²) in [5, 5.41) is 8.59. The van der Waals surface area contributed by atoms with Gasteiger partial charge in [-0.1, -0.05) is 15.9 Å². The Morgan fingerprint density at radius 1 is 1.53 bits per heavy atom. The van der Waals surface area contributed by atoms with Crippen LogP contribution in [0.3, 0.4) is 0 Å². The number of aromatic nitrogens is 1. The maximum Gasteiger partial charge on any atom is 0.573 e. The number of halogens is 4. The molecule has 9 heteroatoms. The van der Waals surface area contributed by atoms with E-state index in [0.717, 1.165) is 6.07 Å². The predicted molar refractivity (Wildman–Crippen MR) is 53.3 cm³/mol. The van der Waals surface area contributed by atoms with E-state index in [-0.39, 0.29) is 10.9 Å². The fourth-order valence-corrected chi connectivity index (χ4v) is 1.43. The Bertz CT molecular complexity index is 497. The molecule has 17 heavy (non-hydrogen) atoms. The fraction of sp³-hybridized carbons (Fsp3) is 0.250. The second-order valence-electron chi connectivity index (χ2n) is 2.85. The molecule has 1 rings (SSSR count). The first kappa shape index (κ1) is 13.6. The fourth-order valence-electron chi connectivity index (χ4n) is 1.01. The minimum Gasteiger partial charge on any atom is -0.476 e. The van der Waals surface area contributed by atoms with Gasteiger partial charge in [0.15, 0.2) is 11.4 Å². The summed E-state index contributed by atoms with van der Waals surface area (Å²) in [7, 11) is 0. The summed E-state index contributed by atoms with van der Waals surface area (Å²) >= 11 is 2.88. The number of ether oxygens (including phenoxy) is 1. The highest BCUT2D eigenvalue weighted by atomic mass is 79.9. The van der Waals surface area contributed by atoms with Gasteiger partial charge in [0.05, 0.1) is 0 Å². The van der Waals surface area contributed by atoms with Crippen molar-refractivity contribution in [1.82, 2.24) is 4.98 Å². The number of pyridine rings is 1. The van der Waals surface area contributed by atoms with Crippen molar-refractivity contribution >= 4 is 21.9 Å². The van der Waals surface area contributed by atoms with Gasteiger partial charge in [-0.25, -0.2) is 4.79 Å². The van der Waals surface area contributed by atoms with Gasteiger partial charge in [-0.3, -0.25) is 4.79 Å². The zero-order valence-electron chi connectivity index (χ0n) is 7.97. The highest BCUT2D eigenvalue weighted by Crippen LogP contribution is 2.25. The van der Waals surface area contributed by atoms with E-state index in [1.54, 1.807) is 0 Å². The van der Waals surface area contributed by atoms with Crippen molar-refractivity contribution in [2.24, 2.45) is 0 Å². The molecule has 94 valence electrons. The SMILES string of the molecule is O=C(O)c1[nH]c(=O)c(CBr)cc1OC(F)(F)F. The molecule has 1 heterocycles. The number of alkyl halides is 4. The summed E-state index contributed by atoms with van der Waals surface area (Å²) in [6.45, 7) is 0. The molecule has 0 aliphatic heterocycles. The summed E-state index contributed by atoms with van der Waals surface area (Å²) in [6, 6.07) is 0.727. The maximum atomic E-state index is 12.0. The number of nitrogens with one attached hydrogen (secondary N) is 1. The first-order valence-corrected chi connectivity index (χ1v) is 5.18. The van der Waals surface area contributed by atoms with Crippen LogP contribution < -0.4 is 10.3 Å². The average molecular weight is 316 g/mol. The second kappa shape index (κ2) is 4.78. The summed E-state index contributed by atoms with van der Waals surface area (Å²) in [6.07, 6.45) is -5.04. The smallest absolute Gasteiger partial charge is 0.476 e. The van der Waals surface area contributed by atoms with Gasteiger partial charge in [0, 0.05) is 10.9 Å². The third-order valence-corrected chi connectivity index (χ3v) is 2.27. The molecule has 0 atom stereocenters. The molecule has 0 unspecified atom stereocenters. The molecule has 0 saturated carbocycles. The number of aromatic carboxylic acids is 1. The maximum absolute atomic E-state index is 12.0. The van der Waals surface area contributed by atoms with Crippen LogP contribution >= 0.6 is 15.9 Å². The zero-order chi connectivity index (χ0) is 13.2. The highest BCUT2D eigenvalue weighted by Gasteiger charge is 2.33. The Morgan fingerprint density at radius 2 is 2.12 bits per heavy atom. The average Bonchev–Trinajstić information content (AvgIpc) is 2.17. The number of hydrogen-bond donors (Lipinski definition) is 2. The van der Waals surface area contributed by atoms with Crippen LogP contribution in [0.15, 0.2) is 10.9 Å². The Labute approximate surface area is 100 Å². The van der Waals surface area contributed by atoms with Crippen molar-refractivity contribution in [3.63, 3.8) is 0 Å². The van der Waals surface area contributed by atoms with E-state index >= 15 is 0 Å². The van der Waals surface area contributed by atoms with Crippen molar-refractivity contribution < 1.29 is 27.8 Å². The van der Waals surface area contributed by atoms with Gasteiger partial charge in [0.25, 0.3) is 5.56 Å². The minimum absolute atomic E-state index is 0.0313. The van der Waals surface area contributed by atoms with Gasteiger partial charge >= 0.3 is 12.3 Å².